The maximum Gasteiger partial charge on any atom is -0.00205 e. The van der Waals surface area contributed by atoms with Gasteiger partial charge in [0, 0.05) is 0 Å². The molecule has 0 radical (unpaired) electrons. The number of fused-ring (bicyclic) bond motifs is 3. The van der Waals surface area contributed by atoms with E-state index in [0.29, 0.717) is 10.8 Å². The Morgan fingerprint density at radius 3 is 1.79 bits per heavy atom. The third kappa shape index (κ3) is 1.94. The summed E-state index contributed by atoms with van der Waals surface area (Å²) in [5.41, 5.74) is 13.1. The van der Waals surface area contributed by atoms with Gasteiger partial charge >= 0.3 is 0 Å². The maximum atomic E-state index is 6.03. The van der Waals surface area contributed by atoms with Crippen LogP contribution in [0.1, 0.15) is 60.8 Å². The van der Waals surface area contributed by atoms with Crippen LogP contribution in [0.3, 0.4) is 0 Å². The summed E-state index contributed by atoms with van der Waals surface area (Å²) in [5.74, 6) is 0. The van der Waals surface area contributed by atoms with Gasteiger partial charge in [-0.3, -0.25) is 0 Å². The predicted molar refractivity (Wildman–Crippen MR) is 81.5 cm³/mol. The molecule has 2 bridgehead atoms. The number of rotatable bonds is 2. The van der Waals surface area contributed by atoms with Gasteiger partial charge in [0.05, 0.1) is 0 Å². The molecule has 104 valence electrons. The summed E-state index contributed by atoms with van der Waals surface area (Å²) in [6, 6.07) is 4.74. The summed E-state index contributed by atoms with van der Waals surface area (Å²) in [6.07, 6.45) is 8.10. The minimum atomic E-state index is 0.471. The quantitative estimate of drug-likeness (QED) is 0.845. The highest BCUT2D eigenvalue weighted by molar-refractivity contribution is 5.44. The summed E-state index contributed by atoms with van der Waals surface area (Å²) >= 11 is 0. The fourth-order valence-electron chi connectivity index (χ4n) is 4.96. The van der Waals surface area contributed by atoms with Crippen LogP contribution in [-0.2, 0) is 5.41 Å². The van der Waals surface area contributed by atoms with Gasteiger partial charge in [-0.2, -0.15) is 0 Å². The van der Waals surface area contributed by atoms with E-state index in [2.05, 4.69) is 32.9 Å². The van der Waals surface area contributed by atoms with Crippen molar-refractivity contribution in [2.75, 3.05) is 6.54 Å². The van der Waals surface area contributed by atoms with Crippen molar-refractivity contribution < 1.29 is 0 Å². The molecule has 0 spiro atoms. The van der Waals surface area contributed by atoms with Crippen LogP contribution in [0.5, 0.6) is 0 Å². The molecule has 3 aliphatic carbocycles. The van der Waals surface area contributed by atoms with Crippen LogP contribution in [0, 0.1) is 26.2 Å². The molecule has 0 amide bonds. The molecule has 19 heavy (non-hydrogen) atoms. The van der Waals surface area contributed by atoms with Gasteiger partial charge in [0.15, 0.2) is 0 Å². The van der Waals surface area contributed by atoms with Crippen molar-refractivity contribution in [1.29, 1.82) is 0 Å². The second kappa shape index (κ2) is 4.34. The predicted octanol–water partition coefficient (Wildman–Crippen LogP) is 4.16. The molecule has 0 saturated heterocycles. The monoisotopic (exact) mass is 257 g/mol. The van der Waals surface area contributed by atoms with Crippen molar-refractivity contribution in [3.63, 3.8) is 0 Å². The van der Waals surface area contributed by atoms with Crippen LogP contribution in [-0.4, -0.2) is 6.54 Å². The Labute approximate surface area is 117 Å². The van der Waals surface area contributed by atoms with Gasteiger partial charge in [-0.25, -0.2) is 0 Å². The highest BCUT2D eigenvalue weighted by atomic mass is 14.6. The second-order valence-corrected chi connectivity index (χ2v) is 7.26. The first-order valence-corrected chi connectivity index (χ1v) is 7.79. The molecule has 0 aliphatic heterocycles. The summed E-state index contributed by atoms with van der Waals surface area (Å²) in [4.78, 5) is 0. The van der Waals surface area contributed by atoms with Gasteiger partial charge in [0.1, 0.15) is 0 Å². The van der Waals surface area contributed by atoms with Crippen LogP contribution >= 0.6 is 0 Å². The number of benzene rings is 1. The van der Waals surface area contributed by atoms with Gasteiger partial charge in [0.25, 0.3) is 0 Å². The van der Waals surface area contributed by atoms with Crippen molar-refractivity contribution in [3.05, 3.63) is 34.4 Å². The lowest BCUT2D eigenvalue weighted by Gasteiger charge is -2.54. The number of hydrogen-bond acceptors (Lipinski definition) is 1. The van der Waals surface area contributed by atoms with E-state index in [1.807, 2.05) is 0 Å². The minimum Gasteiger partial charge on any atom is -0.330 e. The van der Waals surface area contributed by atoms with E-state index in [1.54, 1.807) is 5.56 Å². The first kappa shape index (κ1) is 13.2. The van der Waals surface area contributed by atoms with Gasteiger partial charge in [0.2, 0.25) is 0 Å². The minimum absolute atomic E-state index is 0.471. The largest absolute Gasteiger partial charge is 0.330 e. The molecule has 0 heterocycles. The van der Waals surface area contributed by atoms with E-state index in [4.69, 9.17) is 5.73 Å². The number of nitrogens with two attached hydrogens (primary N) is 1. The zero-order valence-electron chi connectivity index (χ0n) is 12.7. The van der Waals surface area contributed by atoms with Crippen LogP contribution < -0.4 is 5.73 Å². The smallest absolute Gasteiger partial charge is 0.00205 e. The van der Waals surface area contributed by atoms with Crippen molar-refractivity contribution in [2.24, 2.45) is 11.1 Å². The summed E-state index contributed by atoms with van der Waals surface area (Å²) in [6.45, 7) is 7.73. The Morgan fingerprint density at radius 1 is 0.895 bits per heavy atom. The average Bonchev–Trinajstić information content (AvgIpc) is 2.39. The first-order valence-electron chi connectivity index (χ1n) is 7.79. The Balaban J connectivity index is 2.00. The highest BCUT2D eigenvalue weighted by Crippen LogP contribution is 2.58. The molecule has 1 aromatic rings. The molecule has 3 aliphatic rings. The Bertz CT molecular complexity index is 453. The topological polar surface area (TPSA) is 26.0 Å². The van der Waals surface area contributed by atoms with Crippen molar-refractivity contribution in [1.82, 2.24) is 0 Å². The van der Waals surface area contributed by atoms with Crippen LogP contribution in [0.15, 0.2) is 12.1 Å². The summed E-state index contributed by atoms with van der Waals surface area (Å²) in [5, 5.41) is 0. The first-order chi connectivity index (χ1) is 9.00. The molecule has 0 atom stereocenters. The van der Waals surface area contributed by atoms with E-state index in [9.17, 15) is 0 Å². The third-order valence-electron chi connectivity index (χ3n) is 6.04. The molecule has 2 N–H and O–H groups in total. The van der Waals surface area contributed by atoms with E-state index in [0.717, 1.165) is 6.54 Å². The molecule has 3 fully saturated rings. The number of aryl methyl sites for hydroxylation is 3. The van der Waals surface area contributed by atoms with Gasteiger partial charge in [-0.05, 0) is 93.4 Å². The maximum absolute atomic E-state index is 6.03. The fraction of sp³-hybridized carbons (Fsp3) is 0.667. The normalized spacial score (nSPS) is 33.7. The lowest BCUT2D eigenvalue weighted by Crippen LogP contribution is -2.48. The van der Waals surface area contributed by atoms with E-state index in [1.165, 1.54) is 55.2 Å². The lowest BCUT2D eigenvalue weighted by molar-refractivity contribution is 0.0465. The molecular weight excluding hydrogens is 230 g/mol. The van der Waals surface area contributed by atoms with E-state index in [-0.39, 0.29) is 0 Å². The van der Waals surface area contributed by atoms with E-state index >= 15 is 0 Å². The SMILES string of the molecule is Cc1cc(C)c(C23CCC(CN)(CC2)CC3)c(C)c1. The van der Waals surface area contributed by atoms with Gasteiger partial charge in [-0.1, -0.05) is 17.7 Å². The number of hydrogen-bond donors (Lipinski definition) is 1. The second-order valence-electron chi connectivity index (χ2n) is 7.26. The lowest BCUT2D eigenvalue weighted by atomic mass is 9.51. The Kier molecular flexibility index (Phi) is 3.01. The Morgan fingerprint density at radius 2 is 1.37 bits per heavy atom. The van der Waals surface area contributed by atoms with Gasteiger partial charge in [-0.15, -0.1) is 0 Å². The molecular formula is C18H27N. The zero-order valence-corrected chi connectivity index (χ0v) is 12.7. The van der Waals surface area contributed by atoms with Crippen molar-refractivity contribution >= 4 is 0 Å². The molecule has 1 heteroatoms. The zero-order chi connectivity index (χ0) is 13.7. The molecule has 0 unspecified atom stereocenters. The van der Waals surface area contributed by atoms with Crippen LogP contribution in [0.2, 0.25) is 0 Å². The van der Waals surface area contributed by atoms with Crippen LogP contribution in [0.4, 0.5) is 0 Å². The summed E-state index contributed by atoms with van der Waals surface area (Å²) in [7, 11) is 0. The van der Waals surface area contributed by atoms with Crippen LogP contribution in [0.25, 0.3) is 0 Å². The molecule has 1 aromatic carbocycles. The Hall–Kier alpha value is -0.820. The molecule has 4 rings (SSSR count). The van der Waals surface area contributed by atoms with E-state index < -0.39 is 0 Å². The standard InChI is InChI=1S/C18H27N/c1-13-10-14(2)16(15(3)11-13)18-7-4-17(12-19,5-8-18)6-9-18/h10-11H,4-9,12,19H2,1-3H3. The third-order valence-corrected chi connectivity index (χ3v) is 6.04. The fourth-order valence-corrected chi connectivity index (χ4v) is 4.96. The molecule has 3 saturated carbocycles. The summed E-state index contributed by atoms with van der Waals surface area (Å²) < 4.78 is 0. The molecule has 1 nitrogen and oxygen atoms in total. The molecule has 0 aromatic heterocycles. The average molecular weight is 257 g/mol. The van der Waals surface area contributed by atoms with Crippen molar-refractivity contribution in [2.45, 2.75) is 64.7 Å². The highest BCUT2D eigenvalue weighted by Gasteiger charge is 2.49. The van der Waals surface area contributed by atoms with Crippen molar-refractivity contribution in [3.8, 4) is 0 Å². The van der Waals surface area contributed by atoms with Gasteiger partial charge < -0.3 is 5.73 Å².